The molecule has 0 radical (unpaired) electrons. The van der Waals surface area contributed by atoms with E-state index in [1.807, 2.05) is 39.0 Å². The summed E-state index contributed by atoms with van der Waals surface area (Å²) >= 11 is 0. The lowest BCUT2D eigenvalue weighted by atomic mass is 9.94. The molecule has 7 nitrogen and oxygen atoms in total. The minimum absolute atomic E-state index is 0.311. The standard InChI is InChI=1S/C20H23N3O4/c1-20(2,3)27-19(25)23-11-8-13(9-12-23)14-5-6-16(18(24)26-4)17-15(14)7-10-21-22-17/h5-8,10H,9,11-12H2,1-4H3. The van der Waals surface area contributed by atoms with Crippen LogP contribution < -0.4 is 0 Å². The van der Waals surface area contributed by atoms with Crippen molar-refractivity contribution in [1.82, 2.24) is 15.1 Å². The number of amides is 1. The van der Waals surface area contributed by atoms with E-state index in [4.69, 9.17) is 9.47 Å². The maximum atomic E-state index is 12.2. The lowest BCUT2D eigenvalue weighted by Crippen LogP contribution is -2.39. The zero-order chi connectivity index (χ0) is 19.6. The van der Waals surface area contributed by atoms with E-state index >= 15 is 0 Å². The van der Waals surface area contributed by atoms with Gasteiger partial charge in [0.25, 0.3) is 0 Å². The van der Waals surface area contributed by atoms with Crippen LogP contribution >= 0.6 is 0 Å². The van der Waals surface area contributed by atoms with Crippen LogP contribution in [-0.2, 0) is 9.47 Å². The van der Waals surface area contributed by atoms with Gasteiger partial charge in [-0.05, 0) is 50.5 Å². The number of benzene rings is 1. The molecule has 27 heavy (non-hydrogen) atoms. The number of carbonyl (C=O) groups excluding carboxylic acids is 2. The molecule has 3 rings (SSSR count). The van der Waals surface area contributed by atoms with Crippen LogP contribution in [0.1, 0.15) is 43.1 Å². The van der Waals surface area contributed by atoms with Crippen LogP contribution in [0.15, 0.2) is 30.5 Å². The molecule has 1 aromatic carbocycles. The van der Waals surface area contributed by atoms with Crippen LogP contribution in [0.3, 0.4) is 0 Å². The Bertz CT molecular complexity index is 915. The van der Waals surface area contributed by atoms with E-state index in [1.54, 1.807) is 17.2 Å². The smallest absolute Gasteiger partial charge is 0.410 e. The van der Waals surface area contributed by atoms with Crippen molar-refractivity contribution in [2.24, 2.45) is 0 Å². The van der Waals surface area contributed by atoms with Gasteiger partial charge < -0.3 is 14.4 Å². The van der Waals surface area contributed by atoms with Crippen LogP contribution in [0.4, 0.5) is 4.79 Å². The molecule has 0 fully saturated rings. The van der Waals surface area contributed by atoms with Crippen molar-refractivity contribution >= 4 is 28.5 Å². The van der Waals surface area contributed by atoms with Gasteiger partial charge in [0.1, 0.15) is 11.1 Å². The van der Waals surface area contributed by atoms with Gasteiger partial charge in [-0.1, -0.05) is 12.1 Å². The third-order valence-corrected chi connectivity index (χ3v) is 4.29. The fraction of sp³-hybridized carbons (Fsp3) is 0.400. The first kappa shape index (κ1) is 18.8. The van der Waals surface area contributed by atoms with Gasteiger partial charge in [-0.25, -0.2) is 9.59 Å². The first-order valence-corrected chi connectivity index (χ1v) is 8.80. The topological polar surface area (TPSA) is 81.6 Å². The van der Waals surface area contributed by atoms with E-state index in [1.165, 1.54) is 7.11 Å². The van der Waals surface area contributed by atoms with Crippen molar-refractivity contribution in [3.05, 3.63) is 41.6 Å². The summed E-state index contributed by atoms with van der Waals surface area (Å²) in [6.45, 7) is 6.60. The molecule has 0 unspecified atom stereocenters. The molecule has 0 aliphatic carbocycles. The van der Waals surface area contributed by atoms with Gasteiger partial charge in [-0.2, -0.15) is 5.10 Å². The van der Waals surface area contributed by atoms with Gasteiger partial charge in [0.15, 0.2) is 0 Å². The lowest BCUT2D eigenvalue weighted by molar-refractivity contribution is 0.0270. The average Bonchev–Trinajstić information content (AvgIpc) is 2.65. The van der Waals surface area contributed by atoms with Crippen molar-refractivity contribution in [3.8, 4) is 0 Å². The second kappa shape index (κ2) is 7.34. The molecule has 0 saturated carbocycles. The number of aromatic nitrogens is 2. The van der Waals surface area contributed by atoms with Crippen LogP contribution in [0.5, 0.6) is 0 Å². The number of rotatable bonds is 2. The number of fused-ring (bicyclic) bond motifs is 1. The van der Waals surface area contributed by atoms with Crippen LogP contribution in [0.2, 0.25) is 0 Å². The summed E-state index contributed by atoms with van der Waals surface area (Å²) in [6, 6.07) is 5.44. The Hall–Kier alpha value is -2.96. The SMILES string of the molecule is COC(=O)c1ccc(C2=CCN(C(=O)OC(C)(C)C)CC2)c2ccnnc12. The van der Waals surface area contributed by atoms with Crippen molar-refractivity contribution in [2.75, 3.05) is 20.2 Å². The fourth-order valence-corrected chi connectivity index (χ4v) is 3.04. The van der Waals surface area contributed by atoms with Crippen molar-refractivity contribution < 1.29 is 19.1 Å². The summed E-state index contributed by atoms with van der Waals surface area (Å²) in [5, 5.41) is 8.86. The summed E-state index contributed by atoms with van der Waals surface area (Å²) in [4.78, 5) is 25.9. The van der Waals surface area contributed by atoms with Crippen molar-refractivity contribution in [2.45, 2.75) is 32.8 Å². The minimum atomic E-state index is -0.514. The summed E-state index contributed by atoms with van der Waals surface area (Å²) in [7, 11) is 1.34. The van der Waals surface area contributed by atoms with E-state index in [2.05, 4.69) is 10.2 Å². The summed E-state index contributed by atoms with van der Waals surface area (Å²) in [6.07, 6.45) is 3.99. The molecule has 1 aromatic heterocycles. The van der Waals surface area contributed by atoms with Gasteiger partial charge in [-0.15, -0.1) is 5.10 Å². The third-order valence-electron chi connectivity index (χ3n) is 4.29. The second-order valence-corrected chi connectivity index (χ2v) is 7.35. The van der Waals surface area contributed by atoms with Crippen LogP contribution in [0, 0.1) is 0 Å². The molecule has 0 N–H and O–H groups in total. The summed E-state index contributed by atoms with van der Waals surface area (Å²) in [5.41, 5.74) is 2.47. The van der Waals surface area contributed by atoms with E-state index < -0.39 is 11.6 Å². The maximum Gasteiger partial charge on any atom is 0.410 e. The Morgan fingerprint density at radius 2 is 1.96 bits per heavy atom. The molecule has 7 heteroatoms. The number of esters is 1. The fourth-order valence-electron chi connectivity index (χ4n) is 3.04. The lowest BCUT2D eigenvalue weighted by Gasteiger charge is -2.29. The highest BCUT2D eigenvalue weighted by Crippen LogP contribution is 2.30. The molecular weight excluding hydrogens is 346 g/mol. The van der Waals surface area contributed by atoms with E-state index in [9.17, 15) is 9.59 Å². The highest BCUT2D eigenvalue weighted by molar-refractivity contribution is 6.05. The number of nitrogens with zero attached hydrogens (tertiary/aromatic N) is 3. The van der Waals surface area contributed by atoms with E-state index in [0.29, 0.717) is 30.6 Å². The van der Waals surface area contributed by atoms with Gasteiger partial charge in [0, 0.05) is 18.5 Å². The molecule has 0 saturated heterocycles. The van der Waals surface area contributed by atoms with Gasteiger partial charge >= 0.3 is 12.1 Å². The Labute approximate surface area is 158 Å². The molecular formula is C20H23N3O4. The molecule has 2 aromatic rings. The van der Waals surface area contributed by atoms with E-state index in [-0.39, 0.29) is 6.09 Å². The molecule has 142 valence electrons. The Kier molecular flexibility index (Phi) is 5.12. The molecule has 2 heterocycles. The largest absolute Gasteiger partial charge is 0.465 e. The zero-order valence-electron chi connectivity index (χ0n) is 16.0. The van der Waals surface area contributed by atoms with Gasteiger partial charge in [0.05, 0.1) is 18.9 Å². The Balaban J connectivity index is 1.89. The summed E-state index contributed by atoms with van der Waals surface area (Å²) in [5.74, 6) is -0.444. The van der Waals surface area contributed by atoms with Gasteiger partial charge in [0.2, 0.25) is 0 Å². The molecule has 1 aliphatic rings. The Morgan fingerprint density at radius 3 is 2.59 bits per heavy atom. The molecule has 0 spiro atoms. The van der Waals surface area contributed by atoms with Gasteiger partial charge in [-0.3, -0.25) is 0 Å². The summed E-state index contributed by atoms with van der Waals surface area (Å²) < 4.78 is 10.3. The number of hydrogen-bond donors (Lipinski definition) is 0. The first-order chi connectivity index (χ1) is 12.8. The number of ether oxygens (including phenoxy) is 2. The van der Waals surface area contributed by atoms with E-state index in [0.717, 1.165) is 16.5 Å². The third kappa shape index (κ3) is 4.07. The number of hydrogen-bond acceptors (Lipinski definition) is 6. The predicted molar refractivity (Wildman–Crippen MR) is 101 cm³/mol. The highest BCUT2D eigenvalue weighted by atomic mass is 16.6. The predicted octanol–water partition coefficient (Wildman–Crippen LogP) is 3.44. The van der Waals surface area contributed by atoms with Crippen molar-refractivity contribution in [3.63, 3.8) is 0 Å². The molecule has 1 aliphatic heterocycles. The second-order valence-electron chi connectivity index (χ2n) is 7.35. The van der Waals surface area contributed by atoms with Crippen molar-refractivity contribution in [1.29, 1.82) is 0 Å². The normalized spacial score (nSPS) is 14.7. The zero-order valence-corrected chi connectivity index (χ0v) is 16.0. The highest BCUT2D eigenvalue weighted by Gasteiger charge is 2.25. The molecule has 0 bridgehead atoms. The number of methoxy groups -OCH3 is 1. The molecule has 0 atom stereocenters. The Morgan fingerprint density at radius 1 is 1.19 bits per heavy atom. The average molecular weight is 369 g/mol. The first-order valence-electron chi connectivity index (χ1n) is 8.80. The minimum Gasteiger partial charge on any atom is -0.465 e. The molecule has 1 amide bonds. The van der Waals surface area contributed by atoms with Crippen LogP contribution in [0.25, 0.3) is 16.5 Å². The maximum absolute atomic E-state index is 12.2. The quantitative estimate of drug-likeness (QED) is 0.754. The van der Waals surface area contributed by atoms with Crippen LogP contribution in [-0.4, -0.2) is 53.0 Å². The number of carbonyl (C=O) groups is 2. The monoisotopic (exact) mass is 369 g/mol.